The number of urea groups is 1. The van der Waals surface area contributed by atoms with E-state index in [1.807, 2.05) is 115 Å². The van der Waals surface area contributed by atoms with Gasteiger partial charge in [0.15, 0.2) is 5.54 Å². The Morgan fingerprint density at radius 1 is 0.727 bits per heavy atom. The summed E-state index contributed by atoms with van der Waals surface area (Å²) in [6.45, 7) is 0. The predicted molar refractivity (Wildman–Crippen MR) is 125 cm³/mol. The van der Waals surface area contributed by atoms with Gasteiger partial charge in [0.05, 0.1) is 0 Å². The van der Waals surface area contributed by atoms with E-state index in [1.54, 1.807) is 0 Å². The second kappa shape index (κ2) is 8.47. The number of rotatable bonds is 6. The fraction of sp³-hybridized carbons (Fsp3) is 0.0385. The van der Waals surface area contributed by atoms with Gasteiger partial charge in [0, 0.05) is 0 Å². The molecule has 0 spiro atoms. The van der Waals surface area contributed by atoms with Gasteiger partial charge in [0.2, 0.25) is 0 Å². The molecule has 0 radical (unpaired) electrons. The molecular formula is C26H21N5O2. The Balaban J connectivity index is 1.80. The van der Waals surface area contributed by atoms with E-state index < -0.39 is 11.6 Å². The molecule has 0 aliphatic rings. The normalized spacial score (nSPS) is 11.3. The van der Waals surface area contributed by atoms with E-state index in [0.29, 0.717) is 11.0 Å². The maximum Gasteiger partial charge on any atom is 0.351 e. The molecule has 2 amide bonds. The van der Waals surface area contributed by atoms with Crippen molar-refractivity contribution in [1.29, 1.82) is 0 Å². The first kappa shape index (κ1) is 20.3. The topological polar surface area (TPSA) is 86.3 Å². The molecule has 0 bridgehead atoms. The summed E-state index contributed by atoms with van der Waals surface area (Å²) < 4.78 is 0. The minimum Gasteiger partial charge on any atom is -0.349 e. The van der Waals surface area contributed by atoms with Crippen LogP contribution in [0.5, 0.6) is 0 Å². The molecule has 1 aromatic heterocycles. The van der Waals surface area contributed by atoms with E-state index in [-0.39, 0.29) is 0 Å². The Labute approximate surface area is 190 Å². The van der Waals surface area contributed by atoms with Gasteiger partial charge < -0.3 is 5.73 Å². The number of hydroxylamine groups is 2. The van der Waals surface area contributed by atoms with Gasteiger partial charge in [-0.05, 0) is 38.9 Å². The number of primary amides is 1. The average molecular weight is 435 g/mol. The standard InChI is InChI=1S/C26H21N5O2/c27-25(32)30(33-31-24-19-11-10-18-23(24)28-29-31)26(20-12-4-1-5-13-20,21-14-6-2-7-15-21)22-16-8-3-9-17-22/h1-19H,(H2,27,32). The van der Waals surface area contributed by atoms with E-state index in [1.165, 1.54) is 4.85 Å². The SMILES string of the molecule is NC(=O)N(On1nnc2ccccc21)C(c1ccccc1)(c1ccccc1)c1ccccc1. The van der Waals surface area contributed by atoms with Crippen LogP contribution in [0.3, 0.4) is 0 Å². The number of para-hydroxylation sites is 1. The fourth-order valence-corrected chi connectivity index (χ4v) is 4.14. The molecule has 5 aromatic rings. The van der Waals surface area contributed by atoms with Gasteiger partial charge in [-0.15, -0.1) is 10.2 Å². The van der Waals surface area contributed by atoms with Crippen molar-refractivity contribution in [3.63, 3.8) is 0 Å². The van der Waals surface area contributed by atoms with Crippen molar-refractivity contribution < 1.29 is 9.73 Å². The molecule has 5 rings (SSSR count). The largest absolute Gasteiger partial charge is 0.351 e. The Bertz CT molecular complexity index is 1270. The number of fused-ring (bicyclic) bond motifs is 1. The third-order valence-corrected chi connectivity index (χ3v) is 5.56. The predicted octanol–water partition coefficient (Wildman–Crippen LogP) is 4.15. The monoisotopic (exact) mass is 435 g/mol. The molecule has 0 saturated heterocycles. The molecule has 0 atom stereocenters. The van der Waals surface area contributed by atoms with Crippen molar-refractivity contribution in [2.75, 3.05) is 0 Å². The first-order valence-corrected chi connectivity index (χ1v) is 10.5. The van der Waals surface area contributed by atoms with Gasteiger partial charge in [0.1, 0.15) is 11.0 Å². The zero-order valence-corrected chi connectivity index (χ0v) is 17.7. The summed E-state index contributed by atoms with van der Waals surface area (Å²) in [7, 11) is 0. The number of aromatic nitrogens is 3. The number of nitrogens with zero attached hydrogens (tertiary/aromatic N) is 4. The highest BCUT2D eigenvalue weighted by atomic mass is 16.8. The minimum atomic E-state index is -1.21. The second-order valence-electron chi connectivity index (χ2n) is 7.47. The molecule has 0 saturated carbocycles. The molecular weight excluding hydrogens is 414 g/mol. The van der Waals surface area contributed by atoms with Crippen molar-refractivity contribution >= 4 is 17.1 Å². The van der Waals surface area contributed by atoms with Crippen LogP contribution < -0.4 is 10.7 Å². The van der Waals surface area contributed by atoms with Crippen LogP contribution in [0.25, 0.3) is 11.0 Å². The average Bonchev–Trinajstić information content (AvgIpc) is 3.29. The van der Waals surface area contributed by atoms with E-state index in [4.69, 9.17) is 10.7 Å². The highest BCUT2D eigenvalue weighted by molar-refractivity contribution is 5.76. The molecule has 4 aromatic carbocycles. The van der Waals surface area contributed by atoms with Crippen LogP contribution in [0, 0.1) is 0 Å². The maximum absolute atomic E-state index is 13.1. The number of hydrogen-bond donors (Lipinski definition) is 1. The van der Waals surface area contributed by atoms with Crippen LogP contribution in [0.2, 0.25) is 0 Å². The lowest BCUT2D eigenvalue weighted by atomic mass is 9.76. The van der Waals surface area contributed by atoms with E-state index in [2.05, 4.69) is 10.3 Å². The fourth-order valence-electron chi connectivity index (χ4n) is 4.14. The highest BCUT2D eigenvalue weighted by Crippen LogP contribution is 2.42. The van der Waals surface area contributed by atoms with Crippen LogP contribution in [0.4, 0.5) is 4.79 Å². The number of nitrogens with two attached hydrogens (primary N) is 1. The number of hydrogen-bond acceptors (Lipinski definition) is 4. The first-order chi connectivity index (χ1) is 16.2. The molecule has 7 heteroatoms. The van der Waals surface area contributed by atoms with Crippen LogP contribution in [-0.4, -0.2) is 26.3 Å². The molecule has 2 N–H and O–H groups in total. The van der Waals surface area contributed by atoms with E-state index >= 15 is 0 Å². The Kier molecular flexibility index (Phi) is 5.20. The molecule has 0 unspecified atom stereocenters. The van der Waals surface area contributed by atoms with Crippen molar-refractivity contribution in [3.05, 3.63) is 132 Å². The Morgan fingerprint density at radius 3 is 1.67 bits per heavy atom. The highest BCUT2D eigenvalue weighted by Gasteiger charge is 2.47. The van der Waals surface area contributed by atoms with Crippen molar-refractivity contribution in [2.24, 2.45) is 5.73 Å². The Morgan fingerprint density at radius 2 is 1.18 bits per heavy atom. The zero-order chi connectivity index (χ0) is 22.7. The zero-order valence-electron chi connectivity index (χ0n) is 17.7. The lowest BCUT2D eigenvalue weighted by Crippen LogP contribution is -2.57. The summed E-state index contributed by atoms with van der Waals surface area (Å²) in [4.78, 5) is 20.5. The number of amides is 2. The van der Waals surface area contributed by atoms with E-state index in [0.717, 1.165) is 21.8 Å². The summed E-state index contributed by atoms with van der Waals surface area (Å²) in [5.41, 5.74) is 8.42. The molecule has 1 heterocycles. The van der Waals surface area contributed by atoms with Crippen LogP contribution in [0.15, 0.2) is 115 Å². The van der Waals surface area contributed by atoms with Crippen molar-refractivity contribution in [1.82, 2.24) is 20.2 Å². The summed E-state index contributed by atoms with van der Waals surface area (Å²) >= 11 is 0. The van der Waals surface area contributed by atoms with Gasteiger partial charge in [-0.1, -0.05) is 103 Å². The number of carbonyl (C=O) groups is 1. The smallest absolute Gasteiger partial charge is 0.349 e. The third kappa shape index (κ3) is 3.45. The van der Waals surface area contributed by atoms with Gasteiger partial charge in [-0.2, -0.15) is 0 Å². The molecule has 162 valence electrons. The lowest BCUT2D eigenvalue weighted by molar-refractivity contribution is -0.171. The van der Waals surface area contributed by atoms with Gasteiger partial charge in [-0.25, -0.2) is 4.79 Å². The summed E-state index contributed by atoms with van der Waals surface area (Å²) in [5, 5.41) is 9.41. The van der Waals surface area contributed by atoms with Gasteiger partial charge in [0.25, 0.3) is 0 Å². The van der Waals surface area contributed by atoms with E-state index in [9.17, 15) is 4.79 Å². The molecule has 7 nitrogen and oxygen atoms in total. The molecule has 0 fully saturated rings. The molecule has 33 heavy (non-hydrogen) atoms. The van der Waals surface area contributed by atoms with Crippen molar-refractivity contribution in [3.8, 4) is 0 Å². The third-order valence-electron chi connectivity index (χ3n) is 5.56. The Hall–Kier alpha value is -4.65. The number of carbonyl (C=O) groups excluding carboxylic acids is 1. The minimum absolute atomic E-state index is 0.604. The lowest BCUT2D eigenvalue weighted by Gasteiger charge is -2.41. The van der Waals surface area contributed by atoms with Gasteiger partial charge in [-0.3, -0.25) is 4.94 Å². The van der Waals surface area contributed by atoms with Crippen LogP contribution in [0.1, 0.15) is 16.7 Å². The van der Waals surface area contributed by atoms with Crippen LogP contribution >= 0.6 is 0 Å². The summed E-state index contributed by atoms with van der Waals surface area (Å²) in [6.07, 6.45) is 0. The summed E-state index contributed by atoms with van der Waals surface area (Å²) in [5.74, 6) is 0. The second-order valence-corrected chi connectivity index (χ2v) is 7.47. The maximum atomic E-state index is 13.1. The molecule has 0 aliphatic heterocycles. The van der Waals surface area contributed by atoms with Gasteiger partial charge >= 0.3 is 6.03 Å². The quantitative estimate of drug-likeness (QED) is 0.321. The first-order valence-electron chi connectivity index (χ1n) is 10.5. The molecule has 0 aliphatic carbocycles. The summed E-state index contributed by atoms with van der Waals surface area (Å²) in [6, 6.07) is 35.5. The number of benzene rings is 4. The van der Waals surface area contributed by atoms with Crippen LogP contribution in [-0.2, 0) is 5.54 Å². The van der Waals surface area contributed by atoms with Crippen molar-refractivity contribution in [2.45, 2.75) is 5.54 Å².